The summed E-state index contributed by atoms with van der Waals surface area (Å²) in [6.45, 7) is 4.67. The predicted octanol–water partition coefficient (Wildman–Crippen LogP) is 3.21. The third kappa shape index (κ3) is 5.44. The van der Waals surface area contributed by atoms with Crippen molar-refractivity contribution >= 4 is 17.5 Å². The average molecular weight is 395 g/mol. The minimum absolute atomic E-state index is 0.000248. The Morgan fingerprint density at radius 2 is 2.15 bits per heavy atom. The van der Waals surface area contributed by atoms with Gasteiger partial charge in [-0.2, -0.15) is 0 Å². The molecule has 2 aliphatic heterocycles. The summed E-state index contributed by atoms with van der Waals surface area (Å²) < 4.78 is 11.8. The van der Waals surface area contributed by atoms with Gasteiger partial charge in [0.15, 0.2) is 0 Å². The molecule has 3 rings (SSSR count). The Morgan fingerprint density at radius 3 is 2.85 bits per heavy atom. The molecule has 2 aliphatic rings. The molecule has 2 fully saturated rings. The lowest BCUT2D eigenvalue weighted by atomic mass is 9.78. The lowest BCUT2D eigenvalue weighted by Gasteiger charge is -2.42. The molecule has 1 aromatic carbocycles. The maximum atomic E-state index is 11.6. The first-order chi connectivity index (χ1) is 13.0. The van der Waals surface area contributed by atoms with Gasteiger partial charge in [0.1, 0.15) is 6.61 Å². The number of benzene rings is 1. The number of piperidine rings is 1. The van der Waals surface area contributed by atoms with E-state index in [1.807, 2.05) is 18.2 Å². The van der Waals surface area contributed by atoms with Gasteiger partial charge in [0.05, 0.1) is 5.60 Å². The van der Waals surface area contributed by atoms with Gasteiger partial charge in [-0.3, -0.25) is 9.69 Å². The molecule has 6 heteroatoms. The molecule has 0 saturated carbocycles. The Balaban J connectivity index is 1.45. The molecule has 5 nitrogen and oxygen atoms in total. The Morgan fingerprint density at radius 1 is 1.37 bits per heavy atom. The van der Waals surface area contributed by atoms with Gasteiger partial charge in [-0.05, 0) is 49.3 Å². The van der Waals surface area contributed by atoms with Gasteiger partial charge in [0, 0.05) is 52.0 Å². The Hall–Kier alpha value is -1.14. The van der Waals surface area contributed by atoms with E-state index in [0.29, 0.717) is 12.5 Å². The van der Waals surface area contributed by atoms with Crippen molar-refractivity contribution in [3.05, 3.63) is 34.9 Å². The van der Waals surface area contributed by atoms with E-state index in [9.17, 15) is 4.79 Å². The van der Waals surface area contributed by atoms with Crippen LogP contribution in [-0.2, 0) is 20.8 Å². The van der Waals surface area contributed by atoms with Gasteiger partial charge in [0.2, 0.25) is 5.91 Å². The molecule has 0 bridgehead atoms. The van der Waals surface area contributed by atoms with Crippen molar-refractivity contribution in [1.29, 1.82) is 0 Å². The zero-order chi connectivity index (χ0) is 19.3. The molecule has 0 aromatic heterocycles. The van der Waals surface area contributed by atoms with Crippen LogP contribution in [0.25, 0.3) is 0 Å². The fourth-order valence-corrected chi connectivity index (χ4v) is 4.46. The molecule has 0 radical (unpaired) electrons. The van der Waals surface area contributed by atoms with E-state index in [1.54, 1.807) is 19.0 Å². The zero-order valence-corrected chi connectivity index (χ0v) is 17.2. The monoisotopic (exact) mass is 394 g/mol. The quantitative estimate of drug-likeness (QED) is 0.666. The minimum Gasteiger partial charge on any atom is -0.375 e. The zero-order valence-electron chi connectivity index (χ0n) is 16.5. The number of carbonyl (C=O) groups excluding carboxylic acids is 1. The average Bonchev–Trinajstić information content (AvgIpc) is 3.03. The Labute approximate surface area is 167 Å². The molecular weight excluding hydrogens is 364 g/mol. The summed E-state index contributed by atoms with van der Waals surface area (Å²) in [4.78, 5) is 15.7. The number of halogens is 1. The van der Waals surface area contributed by atoms with Gasteiger partial charge in [0.25, 0.3) is 0 Å². The normalized spacial score (nSPS) is 22.3. The van der Waals surface area contributed by atoms with E-state index in [2.05, 4.69) is 11.0 Å². The van der Waals surface area contributed by atoms with Crippen LogP contribution >= 0.6 is 11.6 Å². The SMILES string of the molecule is CN(C)C(=O)COCC[C@@H]1CCOC12CCN(Cc1cccc(Cl)c1)CC2. The number of amides is 1. The highest BCUT2D eigenvalue weighted by Crippen LogP contribution is 2.42. The van der Waals surface area contributed by atoms with Crippen LogP contribution in [0.5, 0.6) is 0 Å². The maximum absolute atomic E-state index is 11.6. The third-order valence-corrected chi connectivity index (χ3v) is 6.17. The van der Waals surface area contributed by atoms with Crippen LogP contribution in [0, 0.1) is 5.92 Å². The molecule has 27 heavy (non-hydrogen) atoms. The minimum atomic E-state index is -0.000248. The lowest BCUT2D eigenvalue weighted by molar-refractivity contribution is -0.133. The highest BCUT2D eigenvalue weighted by molar-refractivity contribution is 6.30. The second-order valence-electron chi connectivity index (χ2n) is 7.93. The van der Waals surface area contributed by atoms with Gasteiger partial charge >= 0.3 is 0 Å². The number of hydrogen-bond acceptors (Lipinski definition) is 4. The van der Waals surface area contributed by atoms with Crippen LogP contribution in [0.3, 0.4) is 0 Å². The first-order valence-electron chi connectivity index (χ1n) is 9.87. The molecule has 1 atom stereocenters. The second-order valence-corrected chi connectivity index (χ2v) is 8.37. The highest BCUT2D eigenvalue weighted by Gasteiger charge is 2.45. The number of likely N-dealkylation sites (N-methyl/N-ethyl adjacent to an activating group) is 1. The lowest BCUT2D eigenvalue weighted by Crippen LogP contribution is -2.47. The molecule has 1 amide bonds. The van der Waals surface area contributed by atoms with E-state index in [4.69, 9.17) is 21.1 Å². The largest absolute Gasteiger partial charge is 0.375 e. The first-order valence-corrected chi connectivity index (χ1v) is 10.2. The van der Waals surface area contributed by atoms with Crippen molar-refractivity contribution in [2.75, 3.05) is 47.0 Å². The second kappa shape index (κ2) is 9.37. The third-order valence-electron chi connectivity index (χ3n) is 5.93. The van der Waals surface area contributed by atoms with E-state index >= 15 is 0 Å². The Kier molecular flexibility index (Phi) is 7.15. The fraction of sp³-hybridized carbons (Fsp3) is 0.667. The molecule has 1 aromatic rings. The topological polar surface area (TPSA) is 42.0 Å². The summed E-state index contributed by atoms with van der Waals surface area (Å²) >= 11 is 6.10. The molecule has 0 unspecified atom stereocenters. The van der Waals surface area contributed by atoms with Gasteiger partial charge in [-0.25, -0.2) is 0 Å². The van der Waals surface area contributed by atoms with Crippen LogP contribution in [0.15, 0.2) is 24.3 Å². The molecule has 1 spiro atoms. The number of likely N-dealkylation sites (tertiary alicyclic amines) is 1. The van der Waals surface area contributed by atoms with Crippen molar-refractivity contribution < 1.29 is 14.3 Å². The molecule has 0 aliphatic carbocycles. The number of nitrogens with zero attached hydrogens (tertiary/aromatic N) is 2. The summed E-state index contributed by atoms with van der Waals surface area (Å²) in [5.74, 6) is 0.544. The van der Waals surface area contributed by atoms with Crippen LogP contribution < -0.4 is 0 Å². The van der Waals surface area contributed by atoms with Crippen LogP contribution in [-0.4, -0.2) is 68.3 Å². The van der Waals surface area contributed by atoms with Crippen molar-refractivity contribution in [1.82, 2.24) is 9.80 Å². The number of ether oxygens (including phenoxy) is 2. The van der Waals surface area contributed by atoms with Crippen molar-refractivity contribution in [3.63, 3.8) is 0 Å². The summed E-state index contributed by atoms with van der Waals surface area (Å²) in [6.07, 6.45) is 4.19. The van der Waals surface area contributed by atoms with Gasteiger partial charge < -0.3 is 14.4 Å². The van der Waals surface area contributed by atoms with Crippen molar-refractivity contribution in [2.24, 2.45) is 5.92 Å². The Bertz CT molecular complexity index is 630. The number of rotatable bonds is 7. The highest BCUT2D eigenvalue weighted by atomic mass is 35.5. The molecular formula is C21H31ClN2O3. The molecule has 2 saturated heterocycles. The molecule has 150 valence electrons. The van der Waals surface area contributed by atoms with E-state index in [-0.39, 0.29) is 18.1 Å². The van der Waals surface area contributed by atoms with E-state index < -0.39 is 0 Å². The summed E-state index contributed by atoms with van der Waals surface area (Å²) in [7, 11) is 3.51. The standard InChI is InChI=1S/C21H31ClN2O3/c1-23(2)20(25)16-26-12-6-18-7-13-27-21(18)8-10-24(11-9-21)15-17-4-3-5-19(22)14-17/h3-5,14,18H,6-13,15-16H2,1-2H3/t18-/m1/s1. The van der Waals surface area contributed by atoms with Crippen molar-refractivity contribution in [3.8, 4) is 0 Å². The van der Waals surface area contributed by atoms with Crippen LogP contribution in [0.1, 0.15) is 31.2 Å². The van der Waals surface area contributed by atoms with Crippen molar-refractivity contribution in [2.45, 2.75) is 37.8 Å². The fourth-order valence-electron chi connectivity index (χ4n) is 4.24. The van der Waals surface area contributed by atoms with Gasteiger partial charge in [-0.1, -0.05) is 23.7 Å². The first kappa shape index (κ1) is 20.6. The smallest absolute Gasteiger partial charge is 0.248 e. The number of carbonyl (C=O) groups is 1. The summed E-state index contributed by atoms with van der Waals surface area (Å²) in [6, 6.07) is 8.12. The summed E-state index contributed by atoms with van der Waals surface area (Å²) in [5.41, 5.74) is 1.26. The molecule has 2 heterocycles. The number of hydrogen-bond donors (Lipinski definition) is 0. The predicted molar refractivity (Wildman–Crippen MR) is 107 cm³/mol. The summed E-state index contributed by atoms with van der Waals surface area (Å²) in [5, 5.41) is 0.799. The van der Waals surface area contributed by atoms with E-state index in [0.717, 1.165) is 56.9 Å². The van der Waals surface area contributed by atoms with Crippen LogP contribution in [0.4, 0.5) is 0 Å². The molecule has 0 N–H and O–H groups in total. The maximum Gasteiger partial charge on any atom is 0.248 e. The van der Waals surface area contributed by atoms with E-state index in [1.165, 1.54) is 5.56 Å². The van der Waals surface area contributed by atoms with Gasteiger partial charge in [-0.15, -0.1) is 0 Å². The van der Waals surface area contributed by atoms with Crippen LogP contribution in [0.2, 0.25) is 5.02 Å².